The van der Waals surface area contributed by atoms with Crippen molar-refractivity contribution in [3.05, 3.63) is 0 Å². The molecule has 2 heterocycles. The van der Waals surface area contributed by atoms with E-state index >= 15 is 0 Å². The Kier molecular flexibility index (Phi) is 6.93. The third-order valence-electron chi connectivity index (χ3n) is 3.35. The molecule has 1 saturated heterocycles. The van der Waals surface area contributed by atoms with E-state index in [9.17, 15) is 9.59 Å². The molecule has 8 nitrogen and oxygen atoms in total. The largest absolute Gasteiger partial charge is 0.472 e. The van der Waals surface area contributed by atoms with Gasteiger partial charge < -0.3 is 14.4 Å². The molecule has 1 aliphatic heterocycles. The summed E-state index contributed by atoms with van der Waals surface area (Å²) in [5.74, 6) is 0. The van der Waals surface area contributed by atoms with Gasteiger partial charge in [-0.15, -0.1) is 16.7 Å². The minimum Gasteiger partial charge on any atom is -0.472 e. The molecular weight excluding hydrogens is 376 g/mol. The fraction of sp³-hybridized carbons (Fsp3) is 0.692. The molecule has 2 unspecified atom stereocenters. The molecule has 1 aromatic heterocycles. The Balaban J connectivity index is 2.17. The van der Waals surface area contributed by atoms with E-state index in [0.29, 0.717) is 36.3 Å². The molecule has 1 fully saturated rings. The van der Waals surface area contributed by atoms with Crippen LogP contribution in [0, 0.1) is 0 Å². The van der Waals surface area contributed by atoms with E-state index < -0.39 is 11.5 Å². The number of nitrogens with zero attached hydrogens (tertiary/aromatic N) is 4. The monoisotopic (exact) mass is 394 g/mol. The van der Waals surface area contributed by atoms with Gasteiger partial charge in [0.1, 0.15) is 0 Å². The van der Waals surface area contributed by atoms with E-state index in [1.54, 1.807) is 4.90 Å². The van der Waals surface area contributed by atoms with Crippen molar-refractivity contribution in [3.63, 3.8) is 0 Å². The van der Waals surface area contributed by atoms with Gasteiger partial charge in [0.2, 0.25) is 5.13 Å². The van der Waals surface area contributed by atoms with Crippen molar-refractivity contribution in [3.8, 4) is 5.19 Å². The third-order valence-corrected chi connectivity index (χ3v) is 5.68. The molecule has 11 heteroatoms. The Morgan fingerprint density at radius 1 is 1.50 bits per heavy atom. The molecule has 0 N–H and O–H groups in total. The summed E-state index contributed by atoms with van der Waals surface area (Å²) in [6.07, 6.45) is 0.372. The summed E-state index contributed by atoms with van der Waals surface area (Å²) in [5.41, 5.74) is 0. The lowest BCUT2D eigenvalue weighted by Gasteiger charge is -2.38. The molecule has 24 heavy (non-hydrogen) atoms. The summed E-state index contributed by atoms with van der Waals surface area (Å²) in [6, 6.07) is -0.275. The molecule has 1 aromatic rings. The first-order valence-corrected chi connectivity index (χ1v) is 9.60. The zero-order chi connectivity index (χ0) is 17.7. The highest BCUT2D eigenvalue weighted by molar-refractivity contribution is 8.14. The predicted octanol–water partition coefficient (Wildman–Crippen LogP) is 3.37. The molecule has 2 rings (SSSR count). The Labute approximate surface area is 153 Å². The van der Waals surface area contributed by atoms with Crippen molar-refractivity contribution in [2.45, 2.75) is 37.6 Å². The molecule has 1 aliphatic rings. The number of carbonyl (C=O) groups is 2. The van der Waals surface area contributed by atoms with Crippen molar-refractivity contribution in [1.29, 1.82) is 0 Å². The van der Waals surface area contributed by atoms with E-state index in [1.807, 2.05) is 13.8 Å². The number of aromatic nitrogens is 2. The van der Waals surface area contributed by atoms with Crippen LogP contribution in [-0.4, -0.2) is 57.6 Å². The maximum Gasteiger partial charge on any atom is 0.370 e. The van der Waals surface area contributed by atoms with Crippen LogP contribution in [0.5, 0.6) is 5.19 Å². The highest BCUT2D eigenvalue weighted by Crippen LogP contribution is 2.32. The number of alkyl halides is 1. The summed E-state index contributed by atoms with van der Waals surface area (Å²) >= 11 is 7.98. The standard InChI is InChI=1S/C13H19ClN4O4S2/c1-4-8(14)23-13(20)22-9-6-7-17(5-2)12(19)18(9)10-15-16-11(21-3)24-10/h8-9H,4-7H2,1-3H3. The Morgan fingerprint density at radius 3 is 2.83 bits per heavy atom. The first kappa shape index (κ1) is 19.1. The lowest BCUT2D eigenvalue weighted by Crippen LogP contribution is -2.55. The van der Waals surface area contributed by atoms with Crippen LogP contribution in [0.4, 0.5) is 14.7 Å². The highest BCUT2D eigenvalue weighted by Gasteiger charge is 2.38. The van der Waals surface area contributed by atoms with E-state index in [1.165, 1.54) is 12.0 Å². The molecule has 2 atom stereocenters. The van der Waals surface area contributed by atoms with Gasteiger partial charge in [-0.1, -0.05) is 12.0 Å². The number of hydrogen-bond acceptors (Lipinski definition) is 8. The number of urea groups is 1. The quantitative estimate of drug-likeness (QED) is 0.540. The van der Waals surface area contributed by atoms with Crippen molar-refractivity contribution >= 4 is 51.2 Å². The van der Waals surface area contributed by atoms with Crippen LogP contribution in [0.15, 0.2) is 0 Å². The van der Waals surface area contributed by atoms with E-state index in [4.69, 9.17) is 21.1 Å². The maximum atomic E-state index is 12.7. The van der Waals surface area contributed by atoms with Gasteiger partial charge in [-0.25, -0.2) is 14.5 Å². The van der Waals surface area contributed by atoms with Gasteiger partial charge in [-0.3, -0.25) is 0 Å². The number of amides is 2. The first-order chi connectivity index (χ1) is 11.5. The molecule has 0 saturated carbocycles. The molecule has 0 aliphatic carbocycles. The average molecular weight is 395 g/mol. The van der Waals surface area contributed by atoms with Gasteiger partial charge in [0, 0.05) is 19.5 Å². The number of rotatable bonds is 6. The summed E-state index contributed by atoms with van der Waals surface area (Å²) in [7, 11) is 1.47. The molecule has 134 valence electrons. The third kappa shape index (κ3) is 4.42. The minimum absolute atomic E-state index is 0.275. The van der Waals surface area contributed by atoms with Gasteiger partial charge in [0.15, 0.2) is 6.23 Å². The van der Waals surface area contributed by atoms with Crippen LogP contribution in [0.25, 0.3) is 0 Å². The molecule has 0 spiro atoms. The van der Waals surface area contributed by atoms with Crippen LogP contribution in [0.2, 0.25) is 0 Å². The molecule has 0 bridgehead atoms. The molecular formula is C13H19ClN4O4S2. The van der Waals surface area contributed by atoms with Crippen LogP contribution in [0.3, 0.4) is 0 Å². The number of anilines is 1. The van der Waals surface area contributed by atoms with Crippen molar-refractivity contribution in [2.75, 3.05) is 25.1 Å². The zero-order valence-corrected chi connectivity index (χ0v) is 16.0. The second-order valence-electron chi connectivity index (χ2n) is 4.83. The fourth-order valence-electron chi connectivity index (χ4n) is 2.09. The Hall–Kier alpha value is -1.26. The zero-order valence-electron chi connectivity index (χ0n) is 13.6. The number of ether oxygens (including phenoxy) is 2. The van der Waals surface area contributed by atoms with Gasteiger partial charge in [0.25, 0.3) is 5.19 Å². The SMILES string of the molecule is CCC(Cl)SC(=O)OC1CCN(CC)C(=O)N1c1nnc(OC)s1. The van der Waals surface area contributed by atoms with Gasteiger partial charge in [0.05, 0.1) is 11.8 Å². The van der Waals surface area contributed by atoms with E-state index in [-0.39, 0.29) is 10.7 Å². The van der Waals surface area contributed by atoms with Crippen LogP contribution >= 0.6 is 34.7 Å². The summed E-state index contributed by atoms with van der Waals surface area (Å²) in [4.78, 5) is 27.7. The lowest BCUT2D eigenvalue weighted by molar-refractivity contribution is 0.0891. The molecule has 2 amide bonds. The van der Waals surface area contributed by atoms with E-state index in [2.05, 4.69) is 10.2 Å². The smallest absolute Gasteiger partial charge is 0.370 e. The topological polar surface area (TPSA) is 84.9 Å². The van der Waals surface area contributed by atoms with Gasteiger partial charge >= 0.3 is 11.3 Å². The highest BCUT2D eigenvalue weighted by atomic mass is 35.5. The minimum atomic E-state index is -0.737. The summed E-state index contributed by atoms with van der Waals surface area (Å²) in [5, 5.41) is 7.95. The van der Waals surface area contributed by atoms with E-state index in [0.717, 1.165) is 23.1 Å². The number of thioether (sulfide) groups is 1. The average Bonchev–Trinajstić information content (AvgIpc) is 3.03. The number of carbonyl (C=O) groups excluding carboxylic acids is 2. The number of halogens is 1. The number of methoxy groups -OCH3 is 1. The summed E-state index contributed by atoms with van der Waals surface area (Å²) in [6.45, 7) is 4.82. The van der Waals surface area contributed by atoms with Crippen LogP contribution < -0.4 is 9.64 Å². The maximum absolute atomic E-state index is 12.7. The lowest BCUT2D eigenvalue weighted by atomic mass is 10.2. The summed E-state index contributed by atoms with van der Waals surface area (Å²) < 4.78 is 10.1. The van der Waals surface area contributed by atoms with Crippen molar-refractivity contribution in [1.82, 2.24) is 15.1 Å². The van der Waals surface area contributed by atoms with Crippen LogP contribution in [0.1, 0.15) is 26.7 Å². The first-order valence-electron chi connectivity index (χ1n) is 7.47. The Bertz CT molecular complexity index is 588. The van der Waals surface area contributed by atoms with Crippen molar-refractivity contribution in [2.24, 2.45) is 0 Å². The normalized spacial score (nSPS) is 19.3. The fourth-order valence-corrected chi connectivity index (χ4v) is 3.54. The van der Waals surface area contributed by atoms with Gasteiger partial charge in [-0.05, 0) is 36.4 Å². The second-order valence-corrected chi connectivity index (χ2v) is 7.68. The number of hydrogen-bond donors (Lipinski definition) is 0. The van der Waals surface area contributed by atoms with Gasteiger partial charge in [-0.2, -0.15) is 0 Å². The molecule has 0 radical (unpaired) electrons. The van der Waals surface area contributed by atoms with Crippen molar-refractivity contribution < 1.29 is 19.1 Å². The predicted molar refractivity (Wildman–Crippen MR) is 94.0 cm³/mol. The molecule has 0 aromatic carbocycles. The second kappa shape index (κ2) is 8.72. The Morgan fingerprint density at radius 2 is 2.25 bits per heavy atom. The van der Waals surface area contributed by atoms with Crippen LogP contribution in [-0.2, 0) is 4.74 Å².